The van der Waals surface area contributed by atoms with E-state index in [1.165, 1.54) is 5.56 Å². The van der Waals surface area contributed by atoms with Crippen molar-refractivity contribution in [2.45, 2.75) is 45.1 Å². The summed E-state index contributed by atoms with van der Waals surface area (Å²) < 4.78 is 6.18. The Balaban J connectivity index is 2.39. The topological polar surface area (TPSA) is 29.5 Å². The first-order valence-corrected chi connectivity index (χ1v) is 6.97. The lowest BCUT2D eigenvalue weighted by Gasteiger charge is -2.09. The van der Waals surface area contributed by atoms with Crippen molar-refractivity contribution < 1.29 is 9.84 Å². The molecular formula is C14H21BrO2. The third kappa shape index (κ3) is 5.09. The molecule has 1 aromatic rings. The quantitative estimate of drug-likeness (QED) is 0.826. The Morgan fingerprint density at radius 1 is 1.35 bits per heavy atom. The molecule has 0 aromatic heterocycles. The normalized spacial score (nSPS) is 12.5. The second-order valence-corrected chi connectivity index (χ2v) is 5.16. The van der Waals surface area contributed by atoms with E-state index in [2.05, 4.69) is 35.0 Å². The first-order chi connectivity index (χ1) is 8.17. The number of aliphatic hydroxyl groups is 1. The Bertz CT molecular complexity index is 339. The van der Waals surface area contributed by atoms with Gasteiger partial charge in [0.1, 0.15) is 5.75 Å². The summed E-state index contributed by atoms with van der Waals surface area (Å²) in [5, 5.41) is 9.63. The van der Waals surface area contributed by atoms with Gasteiger partial charge in [-0.15, -0.1) is 0 Å². The minimum atomic E-state index is -0.137. The predicted molar refractivity (Wildman–Crippen MR) is 74.5 cm³/mol. The maximum Gasteiger partial charge on any atom is 0.133 e. The lowest BCUT2D eigenvalue weighted by molar-refractivity contribution is 0.151. The number of methoxy groups -OCH3 is 1. The van der Waals surface area contributed by atoms with Gasteiger partial charge in [0.15, 0.2) is 0 Å². The summed E-state index contributed by atoms with van der Waals surface area (Å²) in [5.74, 6) is 0.861. The minimum absolute atomic E-state index is 0.137. The van der Waals surface area contributed by atoms with Crippen LogP contribution in [0, 0.1) is 0 Å². The molecule has 96 valence electrons. The van der Waals surface area contributed by atoms with Crippen LogP contribution < -0.4 is 4.74 Å². The zero-order valence-corrected chi connectivity index (χ0v) is 12.2. The van der Waals surface area contributed by atoms with Gasteiger partial charge in [0, 0.05) is 0 Å². The van der Waals surface area contributed by atoms with Crippen molar-refractivity contribution in [3.05, 3.63) is 28.2 Å². The van der Waals surface area contributed by atoms with Gasteiger partial charge >= 0.3 is 0 Å². The smallest absolute Gasteiger partial charge is 0.133 e. The van der Waals surface area contributed by atoms with Crippen LogP contribution in [0.15, 0.2) is 22.7 Å². The van der Waals surface area contributed by atoms with Crippen LogP contribution in [0.4, 0.5) is 0 Å². The van der Waals surface area contributed by atoms with Crippen LogP contribution in [0.1, 0.15) is 38.2 Å². The number of benzene rings is 1. The molecule has 0 amide bonds. The molecule has 0 radical (unpaired) electrons. The molecule has 1 N–H and O–H groups in total. The summed E-state index contributed by atoms with van der Waals surface area (Å²) in [6.45, 7) is 2.10. The van der Waals surface area contributed by atoms with E-state index in [1.807, 2.05) is 6.07 Å². The standard InChI is InChI=1S/C14H21BrO2/c1-3-5-12(16)7-4-6-11-8-9-14(17-2)13(15)10-11/h8-10,12,16H,3-7H2,1-2H3. The first kappa shape index (κ1) is 14.5. The summed E-state index contributed by atoms with van der Waals surface area (Å²) >= 11 is 3.48. The molecule has 0 heterocycles. The summed E-state index contributed by atoms with van der Waals surface area (Å²) in [6, 6.07) is 6.14. The Kier molecular flexibility index (Phi) is 6.60. The zero-order valence-electron chi connectivity index (χ0n) is 10.6. The Hall–Kier alpha value is -0.540. The fourth-order valence-corrected chi connectivity index (χ4v) is 2.47. The molecule has 0 aliphatic carbocycles. The van der Waals surface area contributed by atoms with Crippen LogP contribution in [-0.4, -0.2) is 18.3 Å². The van der Waals surface area contributed by atoms with E-state index in [-0.39, 0.29) is 6.10 Å². The molecular weight excluding hydrogens is 280 g/mol. The molecule has 1 aromatic carbocycles. The first-order valence-electron chi connectivity index (χ1n) is 6.17. The SMILES string of the molecule is CCCC(O)CCCc1ccc(OC)c(Br)c1. The van der Waals surface area contributed by atoms with E-state index in [1.54, 1.807) is 7.11 Å². The number of hydrogen-bond donors (Lipinski definition) is 1. The maximum atomic E-state index is 9.63. The molecule has 1 unspecified atom stereocenters. The lowest BCUT2D eigenvalue weighted by atomic mass is 10.0. The fraction of sp³-hybridized carbons (Fsp3) is 0.571. The van der Waals surface area contributed by atoms with Crippen molar-refractivity contribution in [2.75, 3.05) is 7.11 Å². The van der Waals surface area contributed by atoms with E-state index in [0.29, 0.717) is 0 Å². The molecule has 0 aliphatic heterocycles. The summed E-state index contributed by atoms with van der Waals surface area (Å²) in [4.78, 5) is 0. The predicted octanol–water partition coefficient (Wildman–Crippen LogP) is 3.94. The van der Waals surface area contributed by atoms with E-state index < -0.39 is 0 Å². The van der Waals surface area contributed by atoms with Crippen molar-refractivity contribution in [3.8, 4) is 5.75 Å². The molecule has 17 heavy (non-hydrogen) atoms. The van der Waals surface area contributed by atoms with Gasteiger partial charge < -0.3 is 9.84 Å². The molecule has 0 saturated heterocycles. The van der Waals surface area contributed by atoms with Gasteiger partial charge in [0.05, 0.1) is 17.7 Å². The number of rotatable bonds is 7. The molecule has 0 bridgehead atoms. The highest BCUT2D eigenvalue weighted by atomic mass is 79.9. The molecule has 0 saturated carbocycles. The highest BCUT2D eigenvalue weighted by Crippen LogP contribution is 2.26. The van der Waals surface area contributed by atoms with Gasteiger partial charge in [0.2, 0.25) is 0 Å². The highest BCUT2D eigenvalue weighted by molar-refractivity contribution is 9.10. The van der Waals surface area contributed by atoms with Crippen molar-refractivity contribution >= 4 is 15.9 Å². The lowest BCUT2D eigenvalue weighted by Crippen LogP contribution is -2.05. The van der Waals surface area contributed by atoms with E-state index >= 15 is 0 Å². The minimum Gasteiger partial charge on any atom is -0.496 e. The van der Waals surface area contributed by atoms with Crippen LogP contribution in [0.2, 0.25) is 0 Å². The third-order valence-corrected chi connectivity index (χ3v) is 3.46. The monoisotopic (exact) mass is 300 g/mol. The van der Waals surface area contributed by atoms with Gasteiger partial charge in [-0.05, 0) is 59.3 Å². The fourth-order valence-electron chi connectivity index (χ4n) is 1.88. The Morgan fingerprint density at radius 2 is 2.12 bits per heavy atom. The molecule has 0 fully saturated rings. The third-order valence-electron chi connectivity index (χ3n) is 2.84. The van der Waals surface area contributed by atoms with Gasteiger partial charge in [-0.2, -0.15) is 0 Å². The summed E-state index contributed by atoms with van der Waals surface area (Å²) in [6.07, 6.45) is 4.74. The summed E-state index contributed by atoms with van der Waals surface area (Å²) in [5.41, 5.74) is 1.28. The van der Waals surface area contributed by atoms with Crippen LogP contribution in [-0.2, 0) is 6.42 Å². The van der Waals surface area contributed by atoms with Crippen molar-refractivity contribution in [2.24, 2.45) is 0 Å². The second-order valence-electron chi connectivity index (χ2n) is 4.30. The van der Waals surface area contributed by atoms with Crippen LogP contribution >= 0.6 is 15.9 Å². The van der Waals surface area contributed by atoms with Gasteiger partial charge in [-0.25, -0.2) is 0 Å². The van der Waals surface area contributed by atoms with Gasteiger partial charge in [0.25, 0.3) is 0 Å². The average molecular weight is 301 g/mol. The van der Waals surface area contributed by atoms with Crippen molar-refractivity contribution in [3.63, 3.8) is 0 Å². The Labute approximate surface area is 112 Å². The zero-order chi connectivity index (χ0) is 12.7. The largest absolute Gasteiger partial charge is 0.496 e. The van der Waals surface area contributed by atoms with Crippen LogP contribution in [0.5, 0.6) is 5.75 Å². The molecule has 0 aliphatic rings. The number of aliphatic hydroxyl groups excluding tert-OH is 1. The average Bonchev–Trinajstić information content (AvgIpc) is 2.29. The number of ether oxygens (including phenoxy) is 1. The van der Waals surface area contributed by atoms with Crippen molar-refractivity contribution in [1.29, 1.82) is 0 Å². The van der Waals surface area contributed by atoms with E-state index in [9.17, 15) is 5.11 Å². The molecule has 1 atom stereocenters. The summed E-state index contributed by atoms with van der Waals surface area (Å²) in [7, 11) is 1.67. The van der Waals surface area contributed by atoms with E-state index in [4.69, 9.17) is 4.74 Å². The van der Waals surface area contributed by atoms with Gasteiger partial charge in [-0.1, -0.05) is 19.4 Å². The number of halogens is 1. The molecule has 2 nitrogen and oxygen atoms in total. The number of hydrogen-bond acceptors (Lipinski definition) is 2. The number of aryl methyl sites for hydroxylation is 1. The maximum absolute atomic E-state index is 9.63. The second kappa shape index (κ2) is 7.72. The molecule has 1 rings (SSSR count). The Morgan fingerprint density at radius 3 is 2.71 bits per heavy atom. The van der Waals surface area contributed by atoms with Crippen LogP contribution in [0.25, 0.3) is 0 Å². The molecule has 0 spiro atoms. The van der Waals surface area contributed by atoms with Gasteiger partial charge in [-0.3, -0.25) is 0 Å². The van der Waals surface area contributed by atoms with E-state index in [0.717, 1.165) is 42.3 Å². The highest BCUT2D eigenvalue weighted by Gasteiger charge is 2.04. The van der Waals surface area contributed by atoms with Crippen molar-refractivity contribution in [1.82, 2.24) is 0 Å². The molecule has 3 heteroatoms. The van der Waals surface area contributed by atoms with Crippen LogP contribution in [0.3, 0.4) is 0 Å².